The average Bonchev–Trinajstić information content (AvgIpc) is 2.17. The van der Waals surface area contributed by atoms with Gasteiger partial charge in [0.25, 0.3) is 0 Å². The molecule has 5 nitrogen and oxygen atoms in total. The molecule has 0 aliphatic heterocycles. The van der Waals surface area contributed by atoms with Crippen LogP contribution in [0.15, 0.2) is 0 Å². The lowest BCUT2D eigenvalue weighted by Crippen LogP contribution is -2.21. The van der Waals surface area contributed by atoms with Gasteiger partial charge in [-0.15, -0.1) is 0 Å². The van der Waals surface area contributed by atoms with Crippen LogP contribution < -0.4 is 10.6 Å². The van der Waals surface area contributed by atoms with Gasteiger partial charge in [-0.05, 0) is 7.05 Å². The van der Waals surface area contributed by atoms with E-state index < -0.39 is 0 Å². The minimum absolute atomic E-state index is 0.139. The van der Waals surface area contributed by atoms with Crippen molar-refractivity contribution in [2.75, 3.05) is 53.6 Å². The second kappa shape index (κ2) is 17.8. The molecule has 5 heteroatoms. The highest BCUT2D eigenvalue weighted by atomic mass is 16.5. The van der Waals surface area contributed by atoms with Crippen molar-refractivity contribution in [3.05, 3.63) is 0 Å². The Balaban J connectivity index is 0. The summed E-state index contributed by atoms with van der Waals surface area (Å²) < 4.78 is 4.72. The molecule has 0 spiro atoms. The maximum Gasteiger partial charge on any atom is 0.0587 e. The van der Waals surface area contributed by atoms with Gasteiger partial charge in [-0.25, -0.2) is 0 Å². The van der Waals surface area contributed by atoms with Crippen LogP contribution in [0.1, 0.15) is 0 Å². The zero-order chi connectivity index (χ0) is 10.4. The number of methoxy groups -OCH3 is 1. The molecule has 0 bridgehead atoms. The number of rotatable bonds is 7. The second-order valence-electron chi connectivity index (χ2n) is 2.29. The lowest BCUT2D eigenvalue weighted by molar-refractivity contribution is 0.201. The van der Waals surface area contributed by atoms with Gasteiger partial charge in [-0.1, -0.05) is 0 Å². The number of hydrogen-bond donors (Lipinski definition) is 4. The molecule has 4 N–H and O–H groups in total. The van der Waals surface area contributed by atoms with Gasteiger partial charge in [-0.3, -0.25) is 0 Å². The van der Waals surface area contributed by atoms with E-state index in [9.17, 15) is 0 Å². The molecule has 0 aromatic carbocycles. The van der Waals surface area contributed by atoms with E-state index in [4.69, 9.17) is 14.9 Å². The quantitative estimate of drug-likeness (QED) is 0.368. The first-order valence-electron chi connectivity index (χ1n) is 4.39. The van der Waals surface area contributed by atoms with Crippen LogP contribution in [-0.4, -0.2) is 63.8 Å². The number of likely N-dealkylation sites (N-methyl/N-ethyl adjacent to an activating group) is 1. The lowest BCUT2D eigenvalue weighted by atomic mass is 10.6. The van der Waals surface area contributed by atoms with E-state index in [0.29, 0.717) is 13.1 Å². The smallest absolute Gasteiger partial charge is 0.0587 e. The van der Waals surface area contributed by atoms with Crippen LogP contribution in [0.4, 0.5) is 0 Å². The Hall–Kier alpha value is -0.200. The van der Waals surface area contributed by atoms with Crippen molar-refractivity contribution in [2.45, 2.75) is 0 Å². The van der Waals surface area contributed by atoms with Crippen LogP contribution in [0.5, 0.6) is 0 Å². The molecule has 0 unspecified atom stereocenters. The number of ether oxygens (including phenoxy) is 1. The summed E-state index contributed by atoms with van der Waals surface area (Å²) in [6, 6.07) is 0. The highest BCUT2D eigenvalue weighted by Crippen LogP contribution is 1.57. The summed E-state index contributed by atoms with van der Waals surface area (Å²) in [5.41, 5.74) is 0. The van der Waals surface area contributed by atoms with E-state index in [2.05, 4.69) is 10.6 Å². The van der Waals surface area contributed by atoms with E-state index >= 15 is 0 Å². The molecule has 0 rings (SSSR count). The van der Waals surface area contributed by atoms with E-state index in [1.807, 2.05) is 7.05 Å². The van der Waals surface area contributed by atoms with Crippen molar-refractivity contribution in [1.82, 2.24) is 10.6 Å². The fourth-order valence-electron chi connectivity index (χ4n) is 0.487. The maximum absolute atomic E-state index is 8.15. The molecular weight excluding hydrogens is 172 g/mol. The summed E-state index contributed by atoms with van der Waals surface area (Å²) in [7, 11) is 3.59. The van der Waals surface area contributed by atoms with Crippen LogP contribution >= 0.6 is 0 Å². The monoisotopic (exact) mass is 194 g/mol. The number of nitrogens with one attached hydrogen (secondary N) is 2. The topological polar surface area (TPSA) is 73.8 Å². The van der Waals surface area contributed by atoms with Crippen LogP contribution in [0.25, 0.3) is 0 Å². The Kier molecular flexibility index (Phi) is 20.9. The van der Waals surface area contributed by atoms with Gasteiger partial charge in [0, 0.05) is 26.7 Å². The van der Waals surface area contributed by atoms with Crippen molar-refractivity contribution in [3.8, 4) is 0 Å². The van der Waals surface area contributed by atoms with Crippen LogP contribution in [-0.2, 0) is 4.74 Å². The van der Waals surface area contributed by atoms with Gasteiger partial charge in [0.1, 0.15) is 0 Å². The number of aliphatic hydroxyl groups is 2. The van der Waals surface area contributed by atoms with Crippen molar-refractivity contribution >= 4 is 0 Å². The zero-order valence-corrected chi connectivity index (χ0v) is 8.55. The summed E-state index contributed by atoms with van der Waals surface area (Å²) >= 11 is 0. The highest BCUT2D eigenvalue weighted by molar-refractivity contribution is 4.39. The molecule has 0 aromatic heterocycles. The lowest BCUT2D eigenvalue weighted by Gasteiger charge is -1.94. The third kappa shape index (κ3) is 24.5. The third-order valence-electron chi connectivity index (χ3n) is 1.13. The predicted octanol–water partition coefficient (Wildman–Crippen LogP) is -1.59. The fraction of sp³-hybridized carbons (Fsp3) is 1.00. The maximum atomic E-state index is 8.15. The number of hydrogen-bond acceptors (Lipinski definition) is 5. The van der Waals surface area contributed by atoms with Crippen molar-refractivity contribution < 1.29 is 14.9 Å². The Morgan fingerprint density at radius 1 is 1.08 bits per heavy atom. The molecule has 0 aliphatic carbocycles. The van der Waals surface area contributed by atoms with Crippen molar-refractivity contribution in [3.63, 3.8) is 0 Å². The minimum Gasteiger partial charge on any atom is -0.395 e. The van der Waals surface area contributed by atoms with Gasteiger partial charge in [-0.2, -0.15) is 0 Å². The van der Waals surface area contributed by atoms with Crippen molar-refractivity contribution in [1.29, 1.82) is 0 Å². The van der Waals surface area contributed by atoms with Gasteiger partial charge in [0.15, 0.2) is 0 Å². The Labute approximate surface area is 80.1 Å². The van der Waals surface area contributed by atoms with Gasteiger partial charge < -0.3 is 25.6 Å². The molecule has 0 fully saturated rings. The largest absolute Gasteiger partial charge is 0.395 e. The summed E-state index contributed by atoms with van der Waals surface area (Å²) in [5.74, 6) is 0. The Morgan fingerprint density at radius 2 is 1.62 bits per heavy atom. The normalized spacial score (nSPS) is 9.23. The zero-order valence-electron chi connectivity index (χ0n) is 8.55. The van der Waals surface area contributed by atoms with Crippen LogP contribution in [0, 0.1) is 0 Å². The Bertz CT molecular complexity index is 66.4. The molecule has 13 heavy (non-hydrogen) atoms. The van der Waals surface area contributed by atoms with Gasteiger partial charge in [0.2, 0.25) is 0 Å². The molecule has 0 amide bonds. The molecule has 0 aliphatic rings. The number of aliphatic hydroxyl groups excluding tert-OH is 2. The summed E-state index contributed by atoms with van der Waals surface area (Å²) in [6.45, 7) is 3.16. The molecule has 82 valence electrons. The molecular formula is C8H22N2O3. The predicted molar refractivity (Wildman–Crippen MR) is 52.8 cm³/mol. The second-order valence-corrected chi connectivity index (χ2v) is 2.29. The molecule has 0 heterocycles. The van der Waals surface area contributed by atoms with Crippen LogP contribution in [0.2, 0.25) is 0 Å². The molecule has 0 saturated carbocycles. The average molecular weight is 194 g/mol. The summed E-state index contributed by atoms with van der Waals surface area (Å²) in [4.78, 5) is 0. The first-order valence-corrected chi connectivity index (χ1v) is 4.39. The molecule has 0 aromatic rings. The third-order valence-corrected chi connectivity index (χ3v) is 1.13. The van der Waals surface area contributed by atoms with E-state index in [0.717, 1.165) is 13.2 Å². The fourth-order valence-corrected chi connectivity index (χ4v) is 0.487. The van der Waals surface area contributed by atoms with Gasteiger partial charge >= 0.3 is 0 Å². The van der Waals surface area contributed by atoms with E-state index in [-0.39, 0.29) is 13.2 Å². The molecule has 0 atom stereocenters. The summed E-state index contributed by atoms with van der Waals surface area (Å²) in [6.07, 6.45) is 0. The van der Waals surface area contributed by atoms with Crippen molar-refractivity contribution in [2.24, 2.45) is 0 Å². The Morgan fingerprint density at radius 3 is 1.85 bits per heavy atom. The standard InChI is InChI=1S/C4H11NO2.C4H11NO/c6-3-1-5-2-4-7;1-5-3-4-6-2/h5-7H,1-4H2;5H,3-4H2,1-2H3. The van der Waals surface area contributed by atoms with E-state index in [1.165, 1.54) is 0 Å². The highest BCUT2D eigenvalue weighted by Gasteiger charge is 1.78. The molecule has 0 saturated heterocycles. The van der Waals surface area contributed by atoms with E-state index in [1.54, 1.807) is 7.11 Å². The first-order chi connectivity index (χ1) is 6.33. The molecule has 0 radical (unpaired) electrons. The SMILES string of the molecule is CNCCOC.OCCNCCO. The minimum atomic E-state index is 0.139. The summed E-state index contributed by atoms with van der Waals surface area (Å²) in [5, 5.41) is 22.0. The van der Waals surface area contributed by atoms with Gasteiger partial charge in [0.05, 0.1) is 19.8 Å². The first kappa shape index (κ1) is 15.3. The van der Waals surface area contributed by atoms with Crippen LogP contribution in [0.3, 0.4) is 0 Å².